The van der Waals surface area contributed by atoms with Crippen molar-refractivity contribution in [3.63, 3.8) is 0 Å². The summed E-state index contributed by atoms with van der Waals surface area (Å²) in [5.74, 6) is -2.49. The molecule has 2 rings (SSSR count). The van der Waals surface area contributed by atoms with Crippen molar-refractivity contribution in [3.8, 4) is 0 Å². The summed E-state index contributed by atoms with van der Waals surface area (Å²) in [6, 6.07) is 7.90. The molecular weight excluding hydrogens is 297 g/mol. The zero-order chi connectivity index (χ0) is 15.6. The molecule has 2 N–H and O–H groups in total. The number of carboxylic acid groups (broad SMARTS) is 1. The van der Waals surface area contributed by atoms with Crippen molar-refractivity contribution in [1.29, 1.82) is 0 Å². The molecule has 0 fully saturated rings. The molecule has 4 nitrogen and oxygen atoms in total. The maximum absolute atomic E-state index is 13.6. The Morgan fingerprint density at radius 2 is 1.86 bits per heavy atom. The normalized spacial score (nSPS) is 10.2. The zero-order valence-corrected chi connectivity index (χ0v) is 11.7. The molecular formula is C15H11ClFNO3. The Labute approximate surface area is 125 Å². The van der Waals surface area contributed by atoms with Gasteiger partial charge in [-0.1, -0.05) is 11.6 Å². The predicted molar refractivity (Wildman–Crippen MR) is 77.5 cm³/mol. The second-order valence-electron chi connectivity index (χ2n) is 4.47. The van der Waals surface area contributed by atoms with Crippen LogP contribution in [-0.4, -0.2) is 17.0 Å². The second-order valence-corrected chi connectivity index (χ2v) is 4.91. The third kappa shape index (κ3) is 3.58. The first kappa shape index (κ1) is 15.0. The number of aromatic carboxylic acids is 1. The van der Waals surface area contributed by atoms with Crippen LogP contribution >= 0.6 is 11.6 Å². The fraction of sp³-hybridized carbons (Fsp3) is 0.0667. The fourth-order valence-corrected chi connectivity index (χ4v) is 2.11. The number of carbonyl (C=O) groups excluding carboxylic acids is 1. The van der Waals surface area contributed by atoms with Gasteiger partial charge in [0.2, 0.25) is 0 Å². The fourth-order valence-electron chi connectivity index (χ4n) is 1.82. The minimum Gasteiger partial charge on any atom is -0.478 e. The maximum atomic E-state index is 13.6. The number of carboxylic acids is 1. The molecule has 0 atom stereocenters. The highest BCUT2D eigenvalue weighted by molar-refractivity contribution is 6.31. The van der Waals surface area contributed by atoms with Gasteiger partial charge >= 0.3 is 5.97 Å². The van der Waals surface area contributed by atoms with Crippen LogP contribution in [0.4, 0.5) is 10.1 Å². The number of benzene rings is 2. The molecule has 1 amide bonds. The molecule has 108 valence electrons. The van der Waals surface area contributed by atoms with Gasteiger partial charge in [0.05, 0.1) is 11.3 Å². The van der Waals surface area contributed by atoms with Crippen LogP contribution in [-0.2, 0) is 0 Å². The molecule has 0 saturated carbocycles. The number of nitrogens with one attached hydrogen (secondary N) is 1. The molecule has 0 aliphatic carbocycles. The van der Waals surface area contributed by atoms with Crippen molar-refractivity contribution >= 4 is 29.2 Å². The molecule has 0 radical (unpaired) electrons. The van der Waals surface area contributed by atoms with Gasteiger partial charge in [0.15, 0.2) is 0 Å². The molecule has 0 aromatic heterocycles. The Bertz CT molecular complexity index is 711. The van der Waals surface area contributed by atoms with Crippen LogP contribution < -0.4 is 5.32 Å². The molecule has 0 saturated heterocycles. The van der Waals surface area contributed by atoms with E-state index in [1.807, 2.05) is 0 Å². The molecule has 0 bridgehead atoms. The molecule has 2 aromatic carbocycles. The van der Waals surface area contributed by atoms with Gasteiger partial charge in [-0.15, -0.1) is 0 Å². The summed E-state index contributed by atoms with van der Waals surface area (Å²) < 4.78 is 13.6. The summed E-state index contributed by atoms with van der Waals surface area (Å²) in [5.41, 5.74) is 0.735. The van der Waals surface area contributed by atoms with Gasteiger partial charge in [-0.25, -0.2) is 9.18 Å². The first-order valence-corrected chi connectivity index (χ1v) is 6.36. The Morgan fingerprint density at radius 1 is 1.14 bits per heavy atom. The molecule has 6 heteroatoms. The summed E-state index contributed by atoms with van der Waals surface area (Å²) >= 11 is 5.86. The highest BCUT2D eigenvalue weighted by atomic mass is 35.5. The van der Waals surface area contributed by atoms with Crippen molar-refractivity contribution in [1.82, 2.24) is 0 Å². The SMILES string of the molecule is Cc1cc(Cl)cc(C(=O)Nc2cc(C(=O)O)ccc2F)c1. The number of amides is 1. The van der Waals surface area contributed by atoms with Gasteiger partial charge in [0.1, 0.15) is 5.82 Å². The van der Waals surface area contributed by atoms with E-state index in [4.69, 9.17) is 16.7 Å². The van der Waals surface area contributed by atoms with Gasteiger partial charge in [-0.05, 0) is 48.9 Å². The van der Waals surface area contributed by atoms with Crippen LogP contribution in [0.25, 0.3) is 0 Å². The average molecular weight is 308 g/mol. The first-order chi connectivity index (χ1) is 9.86. The van der Waals surface area contributed by atoms with Crippen molar-refractivity contribution in [3.05, 3.63) is 63.9 Å². The van der Waals surface area contributed by atoms with Crippen molar-refractivity contribution < 1.29 is 19.1 Å². The van der Waals surface area contributed by atoms with Crippen LogP contribution in [0.15, 0.2) is 36.4 Å². The number of rotatable bonds is 3. The number of halogens is 2. The first-order valence-electron chi connectivity index (χ1n) is 5.98. The quantitative estimate of drug-likeness (QED) is 0.907. The molecule has 0 aliphatic heterocycles. The lowest BCUT2D eigenvalue weighted by Gasteiger charge is -2.08. The Kier molecular flexibility index (Phi) is 4.23. The lowest BCUT2D eigenvalue weighted by atomic mass is 10.1. The van der Waals surface area contributed by atoms with E-state index in [-0.39, 0.29) is 16.8 Å². The zero-order valence-electron chi connectivity index (χ0n) is 11.0. The van der Waals surface area contributed by atoms with E-state index in [1.54, 1.807) is 19.1 Å². The monoisotopic (exact) mass is 307 g/mol. The molecule has 0 unspecified atom stereocenters. The Balaban J connectivity index is 2.31. The average Bonchev–Trinajstić information content (AvgIpc) is 2.39. The Hall–Kier alpha value is -2.40. The Morgan fingerprint density at radius 3 is 2.48 bits per heavy atom. The molecule has 2 aromatic rings. The number of carbonyl (C=O) groups is 2. The van der Waals surface area contributed by atoms with Crippen LogP contribution in [0.5, 0.6) is 0 Å². The van der Waals surface area contributed by atoms with E-state index in [9.17, 15) is 14.0 Å². The highest BCUT2D eigenvalue weighted by Crippen LogP contribution is 2.19. The smallest absolute Gasteiger partial charge is 0.335 e. The molecule has 0 spiro atoms. The lowest BCUT2D eigenvalue weighted by molar-refractivity contribution is 0.0696. The molecule has 0 aliphatic rings. The topological polar surface area (TPSA) is 66.4 Å². The van der Waals surface area contributed by atoms with Gasteiger partial charge < -0.3 is 10.4 Å². The van der Waals surface area contributed by atoms with E-state index in [2.05, 4.69) is 5.32 Å². The standard InChI is InChI=1S/C15H11ClFNO3/c1-8-4-10(6-11(16)5-8)14(19)18-13-7-9(15(20)21)2-3-12(13)17/h2-7H,1H3,(H,18,19)(H,20,21). The maximum Gasteiger partial charge on any atom is 0.335 e. The van der Waals surface area contributed by atoms with E-state index >= 15 is 0 Å². The van der Waals surface area contributed by atoms with Crippen LogP contribution in [0.1, 0.15) is 26.3 Å². The van der Waals surface area contributed by atoms with Crippen molar-refractivity contribution in [2.24, 2.45) is 0 Å². The van der Waals surface area contributed by atoms with Crippen LogP contribution in [0.3, 0.4) is 0 Å². The summed E-state index contributed by atoms with van der Waals surface area (Å²) in [4.78, 5) is 22.9. The second kappa shape index (κ2) is 5.93. The number of hydrogen-bond donors (Lipinski definition) is 2. The number of anilines is 1. The highest BCUT2D eigenvalue weighted by Gasteiger charge is 2.13. The number of aryl methyl sites for hydroxylation is 1. The van der Waals surface area contributed by atoms with E-state index in [0.717, 1.165) is 23.8 Å². The lowest BCUT2D eigenvalue weighted by Crippen LogP contribution is -2.14. The predicted octanol–water partition coefficient (Wildman–Crippen LogP) is 3.74. The van der Waals surface area contributed by atoms with Gasteiger partial charge in [-0.3, -0.25) is 4.79 Å². The summed E-state index contributed by atoms with van der Waals surface area (Å²) in [6.45, 7) is 1.77. The minimum absolute atomic E-state index is 0.117. The van der Waals surface area contributed by atoms with E-state index in [1.165, 1.54) is 6.07 Å². The van der Waals surface area contributed by atoms with Gasteiger partial charge in [0, 0.05) is 10.6 Å². The van der Waals surface area contributed by atoms with Crippen LogP contribution in [0, 0.1) is 12.7 Å². The summed E-state index contributed by atoms with van der Waals surface area (Å²) in [6.07, 6.45) is 0. The molecule has 0 heterocycles. The van der Waals surface area contributed by atoms with Gasteiger partial charge in [-0.2, -0.15) is 0 Å². The number of hydrogen-bond acceptors (Lipinski definition) is 2. The molecule has 21 heavy (non-hydrogen) atoms. The third-order valence-corrected chi connectivity index (χ3v) is 2.98. The summed E-state index contributed by atoms with van der Waals surface area (Å²) in [5, 5.41) is 11.6. The third-order valence-electron chi connectivity index (χ3n) is 2.77. The van der Waals surface area contributed by atoms with Gasteiger partial charge in [0.25, 0.3) is 5.91 Å². The van der Waals surface area contributed by atoms with Crippen molar-refractivity contribution in [2.75, 3.05) is 5.32 Å². The summed E-state index contributed by atoms with van der Waals surface area (Å²) in [7, 11) is 0. The van der Waals surface area contributed by atoms with E-state index < -0.39 is 17.7 Å². The largest absolute Gasteiger partial charge is 0.478 e. The van der Waals surface area contributed by atoms with Crippen LogP contribution in [0.2, 0.25) is 5.02 Å². The van der Waals surface area contributed by atoms with Crippen molar-refractivity contribution in [2.45, 2.75) is 6.92 Å². The minimum atomic E-state index is -1.20. The van der Waals surface area contributed by atoms with E-state index in [0.29, 0.717) is 5.02 Å².